The number of amides is 1. The number of para-hydroxylation sites is 1. The number of hydrogen-bond acceptors (Lipinski definition) is 5. The van der Waals surface area contributed by atoms with E-state index in [4.69, 9.17) is 9.47 Å². The molecule has 1 aliphatic rings. The topological polar surface area (TPSA) is 79.5 Å². The van der Waals surface area contributed by atoms with Gasteiger partial charge in [0.05, 0.1) is 19.8 Å². The molecule has 140 valence electrons. The zero-order valence-electron chi connectivity index (χ0n) is 15.3. The van der Waals surface area contributed by atoms with Crippen LogP contribution in [0, 0.1) is 5.92 Å². The zero-order chi connectivity index (χ0) is 18.4. The van der Waals surface area contributed by atoms with E-state index in [9.17, 15) is 4.79 Å². The summed E-state index contributed by atoms with van der Waals surface area (Å²) >= 11 is 0. The highest BCUT2D eigenvalue weighted by Gasteiger charge is 2.22. The number of carbonyl (C=O) groups is 1. The molecule has 1 aliphatic heterocycles. The Balaban J connectivity index is 1.56. The van der Waals surface area contributed by atoms with Crippen LogP contribution in [-0.4, -0.2) is 54.9 Å². The lowest BCUT2D eigenvalue weighted by Crippen LogP contribution is -2.40. The fourth-order valence-corrected chi connectivity index (χ4v) is 3.47. The van der Waals surface area contributed by atoms with E-state index in [0.717, 1.165) is 38.2 Å². The maximum atomic E-state index is 12.6. The summed E-state index contributed by atoms with van der Waals surface area (Å²) in [5.74, 6) is 1.33. The number of likely N-dealkylation sites (tertiary alicyclic amines) is 1. The lowest BCUT2D eigenvalue weighted by molar-refractivity contribution is 0.0926. The predicted octanol–water partition coefficient (Wildman–Crippen LogP) is 2.07. The molecular weight excluding hydrogens is 332 g/mol. The Morgan fingerprint density at radius 1 is 1.35 bits per heavy atom. The van der Waals surface area contributed by atoms with Gasteiger partial charge in [0.1, 0.15) is 0 Å². The van der Waals surface area contributed by atoms with Gasteiger partial charge in [0.2, 0.25) is 0 Å². The standard InChI is InChI=1S/C19H26N4O3/c1-25-17-7-3-6-16(18(17)26-2)19(24)20-11-14-5-4-10-23(12-14)13-15-8-9-21-22-15/h3,6-9,14H,4-5,10-13H2,1-2H3,(H,20,24)(H,21,22)/t14-/m0/s1. The van der Waals surface area contributed by atoms with Crippen LogP contribution in [0.5, 0.6) is 11.5 Å². The molecular formula is C19H26N4O3. The molecule has 1 amide bonds. The van der Waals surface area contributed by atoms with Gasteiger partial charge in [0, 0.05) is 31.5 Å². The predicted molar refractivity (Wildman–Crippen MR) is 98.5 cm³/mol. The lowest BCUT2D eigenvalue weighted by Gasteiger charge is -2.32. The molecule has 1 atom stereocenters. The van der Waals surface area contributed by atoms with Crippen molar-refractivity contribution in [1.82, 2.24) is 20.4 Å². The minimum Gasteiger partial charge on any atom is -0.493 e. The molecule has 3 rings (SSSR count). The number of aromatic amines is 1. The molecule has 26 heavy (non-hydrogen) atoms. The summed E-state index contributed by atoms with van der Waals surface area (Å²) < 4.78 is 10.6. The van der Waals surface area contributed by atoms with Crippen molar-refractivity contribution in [3.63, 3.8) is 0 Å². The summed E-state index contributed by atoms with van der Waals surface area (Å²) in [4.78, 5) is 15.0. The van der Waals surface area contributed by atoms with Crippen LogP contribution in [0.15, 0.2) is 30.5 Å². The van der Waals surface area contributed by atoms with Gasteiger partial charge < -0.3 is 14.8 Å². The molecule has 0 spiro atoms. The van der Waals surface area contributed by atoms with Crippen LogP contribution in [0.25, 0.3) is 0 Å². The molecule has 1 saturated heterocycles. The normalized spacial score (nSPS) is 17.7. The second-order valence-corrected chi connectivity index (χ2v) is 6.58. The van der Waals surface area contributed by atoms with E-state index >= 15 is 0 Å². The number of hydrogen-bond donors (Lipinski definition) is 2. The van der Waals surface area contributed by atoms with Crippen molar-refractivity contribution in [1.29, 1.82) is 0 Å². The molecule has 1 aromatic heterocycles. The van der Waals surface area contributed by atoms with Crippen molar-refractivity contribution >= 4 is 5.91 Å². The van der Waals surface area contributed by atoms with E-state index in [1.807, 2.05) is 6.07 Å². The highest BCUT2D eigenvalue weighted by atomic mass is 16.5. The van der Waals surface area contributed by atoms with Crippen molar-refractivity contribution in [2.75, 3.05) is 33.9 Å². The number of ether oxygens (including phenoxy) is 2. The zero-order valence-corrected chi connectivity index (χ0v) is 15.3. The van der Waals surface area contributed by atoms with Crippen molar-refractivity contribution in [2.45, 2.75) is 19.4 Å². The molecule has 0 aliphatic carbocycles. The first-order chi connectivity index (χ1) is 12.7. The Bertz CT molecular complexity index is 718. The van der Waals surface area contributed by atoms with Gasteiger partial charge in [-0.3, -0.25) is 14.8 Å². The van der Waals surface area contributed by atoms with Crippen LogP contribution < -0.4 is 14.8 Å². The van der Waals surface area contributed by atoms with Gasteiger partial charge in [-0.1, -0.05) is 6.07 Å². The van der Waals surface area contributed by atoms with Gasteiger partial charge in [-0.05, 0) is 43.5 Å². The monoisotopic (exact) mass is 358 g/mol. The Morgan fingerprint density at radius 2 is 2.23 bits per heavy atom. The summed E-state index contributed by atoms with van der Waals surface area (Å²) in [5.41, 5.74) is 1.62. The van der Waals surface area contributed by atoms with Gasteiger partial charge in [-0.25, -0.2) is 0 Å². The number of rotatable bonds is 7. The SMILES string of the molecule is COc1cccc(C(=O)NC[C@@H]2CCCN(Cc3ccn[nH]3)C2)c1OC. The van der Waals surface area contributed by atoms with Crippen molar-refractivity contribution < 1.29 is 14.3 Å². The molecule has 2 heterocycles. The molecule has 0 bridgehead atoms. The fraction of sp³-hybridized carbons (Fsp3) is 0.474. The number of piperidine rings is 1. The summed E-state index contributed by atoms with van der Waals surface area (Å²) in [5, 5.41) is 10.1. The summed E-state index contributed by atoms with van der Waals surface area (Å²) in [7, 11) is 3.11. The Hall–Kier alpha value is -2.54. The van der Waals surface area contributed by atoms with Gasteiger partial charge in [0.25, 0.3) is 5.91 Å². The molecule has 7 nitrogen and oxygen atoms in total. The first kappa shape index (κ1) is 18.3. The van der Waals surface area contributed by atoms with Crippen LogP contribution in [0.2, 0.25) is 0 Å². The number of nitrogens with zero attached hydrogens (tertiary/aromatic N) is 2. The van der Waals surface area contributed by atoms with Gasteiger partial charge in [-0.2, -0.15) is 5.10 Å². The molecule has 1 aromatic carbocycles. The van der Waals surface area contributed by atoms with Gasteiger partial charge >= 0.3 is 0 Å². The minimum absolute atomic E-state index is 0.133. The van der Waals surface area contributed by atoms with Crippen molar-refractivity contribution in [2.24, 2.45) is 5.92 Å². The number of H-pyrrole nitrogens is 1. The molecule has 0 saturated carbocycles. The largest absolute Gasteiger partial charge is 0.493 e. The van der Waals surface area contributed by atoms with Crippen molar-refractivity contribution in [3.05, 3.63) is 41.7 Å². The van der Waals surface area contributed by atoms with Crippen LogP contribution in [-0.2, 0) is 6.54 Å². The highest BCUT2D eigenvalue weighted by molar-refractivity contribution is 5.97. The smallest absolute Gasteiger partial charge is 0.255 e. The van der Waals surface area contributed by atoms with Gasteiger partial charge in [0.15, 0.2) is 11.5 Å². The number of carbonyl (C=O) groups excluding carboxylic acids is 1. The maximum absolute atomic E-state index is 12.6. The Kier molecular flexibility index (Phi) is 6.12. The molecule has 2 aromatic rings. The number of methoxy groups -OCH3 is 2. The van der Waals surface area contributed by atoms with E-state index in [-0.39, 0.29) is 5.91 Å². The third-order valence-corrected chi connectivity index (χ3v) is 4.75. The minimum atomic E-state index is -0.133. The van der Waals surface area contributed by atoms with Crippen LogP contribution in [0.4, 0.5) is 0 Å². The maximum Gasteiger partial charge on any atom is 0.255 e. The number of benzene rings is 1. The second-order valence-electron chi connectivity index (χ2n) is 6.58. The Labute approximate surface area is 153 Å². The number of aromatic nitrogens is 2. The first-order valence-corrected chi connectivity index (χ1v) is 8.91. The fourth-order valence-electron chi connectivity index (χ4n) is 3.47. The average Bonchev–Trinajstić information content (AvgIpc) is 3.18. The second kappa shape index (κ2) is 8.71. The Morgan fingerprint density at radius 3 is 2.96 bits per heavy atom. The summed E-state index contributed by atoms with van der Waals surface area (Å²) in [6.45, 7) is 3.56. The van der Waals surface area contributed by atoms with E-state index in [1.54, 1.807) is 38.6 Å². The van der Waals surface area contributed by atoms with Crippen LogP contribution >= 0.6 is 0 Å². The van der Waals surface area contributed by atoms with Gasteiger partial charge in [-0.15, -0.1) is 0 Å². The summed E-state index contributed by atoms with van der Waals surface area (Å²) in [6.07, 6.45) is 4.03. The molecule has 1 fully saturated rings. The van der Waals surface area contributed by atoms with Crippen LogP contribution in [0.3, 0.4) is 0 Å². The number of nitrogens with one attached hydrogen (secondary N) is 2. The highest BCUT2D eigenvalue weighted by Crippen LogP contribution is 2.30. The summed E-state index contributed by atoms with van der Waals surface area (Å²) in [6, 6.07) is 7.33. The quantitative estimate of drug-likeness (QED) is 0.792. The third-order valence-electron chi connectivity index (χ3n) is 4.75. The van der Waals surface area contributed by atoms with E-state index in [0.29, 0.717) is 29.5 Å². The molecule has 7 heteroatoms. The van der Waals surface area contributed by atoms with Crippen molar-refractivity contribution in [3.8, 4) is 11.5 Å². The van der Waals surface area contributed by atoms with E-state index in [2.05, 4.69) is 20.4 Å². The molecule has 0 radical (unpaired) electrons. The van der Waals surface area contributed by atoms with E-state index in [1.165, 1.54) is 0 Å². The molecule has 0 unspecified atom stereocenters. The van der Waals surface area contributed by atoms with Crippen LogP contribution in [0.1, 0.15) is 28.9 Å². The van der Waals surface area contributed by atoms with E-state index < -0.39 is 0 Å². The first-order valence-electron chi connectivity index (χ1n) is 8.91. The lowest BCUT2D eigenvalue weighted by atomic mass is 9.97. The average molecular weight is 358 g/mol. The third kappa shape index (κ3) is 4.35. The molecule has 2 N–H and O–H groups in total.